The van der Waals surface area contributed by atoms with Crippen LogP contribution in [-0.2, 0) is 9.53 Å². The molecule has 1 aromatic heterocycles. The molecule has 0 aliphatic carbocycles. The standard InChI is InChI=1S/C20H15FINO3S/c21-14-9-7-13(8-10-14)19(17-6-3-11-27-17)23-18(24)12-26-20(25)15-4-1-2-5-16(15)22/h1-11,19H,12H2,(H,23,24). The normalized spacial score (nSPS) is 11.6. The number of rotatable bonds is 6. The number of carbonyl (C=O) groups is 2. The molecule has 1 atom stereocenters. The highest BCUT2D eigenvalue weighted by atomic mass is 127. The van der Waals surface area contributed by atoms with Gasteiger partial charge in [0.25, 0.3) is 5.91 Å². The minimum atomic E-state index is -0.551. The predicted octanol–water partition coefficient (Wildman–Crippen LogP) is 4.55. The van der Waals surface area contributed by atoms with E-state index in [1.807, 2.05) is 46.2 Å². The zero-order chi connectivity index (χ0) is 19.2. The topological polar surface area (TPSA) is 55.4 Å². The van der Waals surface area contributed by atoms with E-state index in [1.54, 1.807) is 30.3 Å². The number of thiophene rings is 1. The monoisotopic (exact) mass is 495 g/mol. The van der Waals surface area contributed by atoms with Crippen molar-refractivity contribution < 1.29 is 18.7 Å². The van der Waals surface area contributed by atoms with Gasteiger partial charge in [0.15, 0.2) is 6.61 Å². The third-order valence-corrected chi connectivity index (χ3v) is 5.64. The summed E-state index contributed by atoms with van der Waals surface area (Å²) in [5, 5.41) is 4.74. The second kappa shape index (κ2) is 9.09. The van der Waals surface area contributed by atoms with E-state index in [-0.39, 0.29) is 5.82 Å². The number of esters is 1. The lowest BCUT2D eigenvalue weighted by Gasteiger charge is -2.18. The van der Waals surface area contributed by atoms with Crippen LogP contribution in [-0.4, -0.2) is 18.5 Å². The van der Waals surface area contributed by atoms with E-state index in [0.29, 0.717) is 5.56 Å². The van der Waals surface area contributed by atoms with Crippen LogP contribution in [0.15, 0.2) is 66.0 Å². The van der Waals surface area contributed by atoms with Crippen LogP contribution < -0.4 is 5.32 Å². The Morgan fingerprint density at radius 2 is 1.81 bits per heavy atom. The maximum atomic E-state index is 13.2. The van der Waals surface area contributed by atoms with Crippen LogP contribution in [0.1, 0.15) is 26.8 Å². The Bertz CT molecular complexity index is 929. The van der Waals surface area contributed by atoms with E-state index < -0.39 is 24.5 Å². The molecule has 0 bridgehead atoms. The van der Waals surface area contributed by atoms with Crippen molar-refractivity contribution in [2.45, 2.75) is 6.04 Å². The Labute approximate surface area is 173 Å². The van der Waals surface area contributed by atoms with Crippen molar-refractivity contribution in [3.8, 4) is 0 Å². The van der Waals surface area contributed by atoms with Crippen molar-refractivity contribution in [1.82, 2.24) is 5.32 Å². The number of ether oxygens (including phenoxy) is 1. The van der Waals surface area contributed by atoms with Gasteiger partial charge in [-0.3, -0.25) is 4.79 Å². The molecule has 3 rings (SSSR count). The molecule has 1 N–H and O–H groups in total. The number of carbonyl (C=O) groups excluding carboxylic acids is 2. The Kier molecular flexibility index (Phi) is 6.57. The minimum Gasteiger partial charge on any atom is -0.452 e. The lowest BCUT2D eigenvalue weighted by atomic mass is 10.1. The molecule has 138 valence electrons. The zero-order valence-electron chi connectivity index (χ0n) is 14.0. The average molecular weight is 495 g/mol. The Morgan fingerprint density at radius 3 is 2.48 bits per heavy atom. The Morgan fingerprint density at radius 1 is 1.07 bits per heavy atom. The highest BCUT2D eigenvalue weighted by Crippen LogP contribution is 2.26. The van der Waals surface area contributed by atoms with Crippen molar-refractivity contribution in [2.75, 3.05) is 6.61 Å². The molecule has 27 heavy (non-hydrogen) atoms. The van der Waals surface area contributed by atoms with Gasteiger partial charge in [0.1, 0.15) is 5.82 Å². The number of hydrogen-bond acceptors (Lipinski definition) is 4. The molecule has 4 nitrogen and oxygen atoms in total. The fraction of sp³-hybridized carbons (Fsp3) is 0.100. The summed E-state index contributed by atoms with van der Waals surface area (Å²) >= 11 is 3.52. The zero-order valence-corrected chi connectivity index (χ0v) is 17.0. The maximum absolute atomic E-state index is 13.2. The highest BCUT2D eigenvalue weighted by molar-refractivity contribution is 14.1. The summed E-state index contributed by atoms with van der Waals surface area (Å²) in [4.78, 5) is 25.4. The summed E-state index contributed by atoms with van der Waals surface area (Å²) in [6, 6.07) is 16.3. The summed E-state index contributed by atoms with van der Waals surface area (Å²) in [5.41, 5.74) is 1.16. The van der Waals surface area contributed by atoms with Gasteiger partial charge in [-0.15, -0.1) is 11.3 Å². The van der Waals surface area contributed by atoms with Crippen molar-refractivity contribution in [1.29, 1.82) is 0 Å². The fourth-order valence-corrected chi connectivity index (χ4v) is 3.88. The number of benzene rings is 2. The molecule has 1 heterocycles. The van der Waals surface area contributed by atoms with Crippen LogP contribution in [0.2, 0.25) is 0 Å². The molecule has 0 aliphatic rings. The first-order valence-corrected chi connectivity index (χ1v) is 10.0. The molecule has 0 fully saturated rings. The second-order valence-corrected chi connectivity index (χ2v) is 7.76. The smallest absolute Gasteiger partial charge is 0.339 e. The minimum absolute atomic E-state index is 0.346. The van der Waals surface area contributed by atoms with Gasteiger partial charge in [0.05, 0.1) is 11.6 Å². The lowest BCUT2D eigenvalue weighted by Crippen LogP contribution is -2.32. The van der Waals surface area contributed by atoms with Crippen LogP contribution in [0.4, 0.5) is 4.39 Å². The van der Waals surface area contributed by atoms with Crippen molar-refractivity contribution in [2.24, 2.45) is 0 Å². The molecule has 1 amide bonds. The molecule has 0 spiro atoms. The molecule has 0 saturated heterocycles. The van der Waals surface area contributed by atoms with Gasteiger partial charge < -0.3 is 10.1 Å². The van der Waals surface area contributed by atoms with Gasteiger partial charge in [-0.05, 0) is 63.9 Å². The average Bonchev–Trinajstić information content (AvgIpc) is 3.20. The van der Waals surface area contributed by atoms with Crippen LogP contribution in [0.25, 0.3) is 0 Å². The molecule has 1 unspecified atom stereocenters. The van der Waals surface area contributed by atoms with Crippen molar-refractivity contribution in [3.05, 3.63) is 91.4 Å². The summed E-state index contributed by atoms with van der Waals surface area (Å²) in [5.74, 6) is -1.33. The number of halogens is 2. The van der Waals surface area contributed by atoms with E-state index >= 15 is 0 Å². The molecule has 2 aromatic carbocycles. The largest absolute Gasteiger partial charge is 0.452 e. The quantitative estimate of drug-likeness (QED) is 0.403. The van der Waals surface area contributed by atoms with Gasteiger partial charge >= 0.3 is 5.97 Å². The fourth-order valence-electron chi connectivity index (χ4n) is 2.47. The molecule has 0 saturated carbocycles. The van der Waals surface area contributed by atoms with Gasteiger partial charge in [0.2, 0.25) is 0 Å². The summed E-state index contributed by atoms with van der Waals surface area (Å²) < 4.78 is 19.1. The van der Waals surface area contributed by atoms with E-state index in [9.17, 15) is 14.0 Å². The predicted molar refractivity (Wildman–Crippen MR) is 110 cm³/mol. The molecule has 3 aromatic rings. The first-order valence-electron chi connectivity index (χ1n) is 8.04. The van der Waals surface area contributed by atoms with E-state index in [0.717, 1.165) is 14.0 Å². The number of hydrogen-bond donors (Lipinski definition) is 1. The van der Waals surface area contributed by atoms with Crippen LogP contribution >= 0.6 is 33.9 Å². The number of amides is 1. The molecule has 0 radical (unpaired) electrons. The first kappa shape index (κ1) is 19.5. The van der Waals surface area contributed by atoms with Crippen LogP contribution in [0, 0.1) is 9.39 Å². The second-order valence-electron chi connectivity index (χ2n) is 5.62. The van der Waals surface area contributed by atoms with E-state index in [4.69, 9.17) is 4.74 Å². The van der Waals surface area contributed by atoms with Gasteiger partial charge in [-0.1, -0.05) is 30.3 Å². The summed E-state index contributed by atoms with van der Waals surface area (Å²) in [6.07, 6.45) is 0. The molecular formula is C20H15FINO3S. The van der Waals surface area contributed by atoms with E-state index in [2.05, 4.69) is 5.32 Å². The molecule has 7 heteroatoms. The summed E-state index contributed by atoms with van der Waals surface area (Å²) in [7, 11) is 0. The van der Waals surface area contributed by atoms with Crippen LogP contribution in [0.3, 0.4) is 0 Å². The van der Waals surface area contributed by atoms with Gasteiger partial charge in [-0.2, -0.15) is 0 Å². The summed E-state index contributed by atoms with van der Waals surface area (Å²) in [6.45, 7) is -0.396. The lowest BCUT2D eigenvalue weighted by molar-refractivity contribution is -0.124. The molecule has 0 aliphatic heterocycles. The van der Waals surface area contributed by atoms with Gasteiger partial charge in [0, 0.05) is 8.45 Å². The van der Waals surface area contributed by atoms with Crippen molar-refractivity contribution >= 4 is 45.8 Å². The van der Waals surface area contributed by atoms with Crippen molar-refractivity contribution in [3.63, 3.8) is 0 Å². The highest BCUT2D eigenvalue weighted by Gasteiger charge is 2.19. The third-order valence-electron chi connectivity index (χ3n) is 3.76. The third kappa shape index (κ3) is 5.14. The number of nitrogens with one attached hydrogen (secondary N) is 1. The molecular weight excluding hydrogens is 480 g/mol. The maximum Gasteiger partial charge on any atom is 0.339 e. The Balaban J connectivity index is 1.67. The van der Waals surface area contributed by atoms with Crippen LogP contribution in [0.5, 0.6) is 0 Å². The van der Waals surface area contributed by atoms with Gasteiger partial charge in [-0.25, -0.2) is 9.18 Å². The van der Waals surface area contributed by atoms with E-state index in [1.165, 1.54) is 23.5 Å². The Hall–Kier alpha value is -2.26. The SMILES string of the molecule is O=C(COC(=O)c1ccccc1I)NC(c1ccc(F)cc1)c1cccs1. The first-order chi connectivity index (χ1) is 13.0.